The number of nitrogens with one attached hydrogen (secondary N) is 1. The zero-order chi connectivity index (χ0) is 14.4. The van der Waals surface area contributed by atoms with Crippen molar-refractivity contribution in [2.45, 2.75) is 57.5 Å². The summed E-state index contributed by atoms with van der Waals surface area (Å²) in [6.07, 6.45) is 4.58. The van der Waals surface area contributed by atoms with Gasteiger partial charge in [0.05, 0.1) is 5.41 Å². The van der Waals surface area contributed by atoms with Crippen molar-refractivity contribution in [3.05, 3.63) is 0 Å². The molecule has 0 radical (unpaired) electrons. The smallest absolute Gasteiger partial charge is 0.165 e. The van der Waals surface area contributed by atoms with Crippen LogP contribution in [0.3, 0.4) is 0 Å². The van der Waals surface area contributed by atoms with Crippen LogP contribution in [0.2, 0.25) is 0 Å². The van der Waals surface area contributed by atoms with E-state index in [0.717, 1.165) is 32.4 Å². The summed E-state index contributed by atoms with van der Waals surface area (Å²) in [4.78, 5) is 25.3. The fraction of sp³-hybridized carbons (Fsp3) is 0.875. The van der Waals surface area contributed by atoms with Gasteiger partial charge in [-0.2, -0.15) is 0 Å². The van der Waals surface area contributed by atoms with Gasteiger partial charge in [0.15, 0.2) is 5.78 Å². The first-order valence-electron chi connectivity index (χ1n) is 8.00. The maximum Gasteiger partial charge on any atom is 0.165 e. The molecule has 2 aliphatic carbocycles. The third-order valence-electron chi connectivity index (χ3n) is 5.86. The lowest BCUT2D eigenvalue weighted by Gasteiger charge is -2.47. The van der Waals surface area contributed by atoms with E-state index in [-0.39, 0.29) is 17.5 Å². The molecule has 4 nitrogen and oxygen atoms in total. The van der Waals surface area contributed by atoms with Crippen molar-refractivity contribution in [1.82, 2.24) is 5.32 Å². The van der Waals surface area contributed by atoms with E-state index in [9.17, 15) is 14.7 Å². The van der Waals surface area contributed by atoms with E-state index in [4.69, 9.17) is 0 Å². The molecule has 0 bridgehead atoms. The Morgan fingerprint density at radius 3 is 2.55 bits per heavy atom. The Morgan fingerprint density at radius 1 is 1.10 bits per heavy atom. The average Bonchev–Trinajstić information content (AvgIpc) is 2.63. The summed E-state index contributed by atoms with van der Waals surface area (Å²) in [5, 5.41) is 14.5. The maximum absolute atomic E-state index is 12.8. The molecule has 112 valence electrons. The quantitative estimate of drug-likeness (QED) is 0.704. The fourth-order valence-electron chi connectivity index (χ4n) is 4.96. The van der Waals surface area contributed by atoms with Gasteiger partial charge in [0.2, 0.25) is 0 Å². The van der Waals surface area contributed by atoms with Crippen LogP contribution in [-0.2, 0) is 9.59 Å². The standard InChI is InChI=1S/C16H25NO3/c1-11-8-12-10-14(19)16(20)5-3-7-17-6-2-4-15(12,16)13(18)9-11/h11-12,17,20H,2-10H2,1H3/t11?,12-,15+,16-/m0/s1. The molecule has 0 aromatic carbocycles. The minimum Gasteiger partial charge on any atom is -0.381 e. The molecule has 3 fully saturated rings. The Labute approximate surface area is 120 Å². The molecule has 1 unspecified atom stereocenters. The Hall–Kier alpha value is -0.740. The van der Waals surface area contributed by atoms with Gasteiger partial charge in [0, 0.05) is 12.8 Å². The topological polar surface area (TPSA) is 66.4 Å². The largest absolute Gasteiger partial charge is 0.381 e. The lowest BCUT2D eigenvalue weighted by Crippen LogP contribution is -2.57. The molecule has 1 saturated heterocycles. The van der Waals surface area contributed by atoms with E-state index < -0.39 is 11.0 Å². The summed E-state index contributed by atoms with van der Waals surface area (Å²) in [5.41, 5.74) is -2.16. The molecule has 4 atom stereocenters. The molecule has 4 heteroatoms. The third kappa shape index (κ3) is 1.81. The van der Waals surface area contributed by atoms with Crippen molar-refractivity contribution in [1.29, 1.82) is 0 Å². The van der Waals surface area contributed by atoms with Gasteiger partial charge < -0.3 is 10.4 Å². The maximum atomic E-state index is 12.8. The number of carbonyl (C=O) groups is 2. The molecule has 0 amide bonds. The first-order valence-corrected chi connectivity index (χ1v) is 8.00. The van der Waals surface area contributed by atoms with Crippen LogP contribution < -0.4 is 5.32 Å². The number of carbonyl (C=O) groups excluding carboxylic acids is 2. The highest BCUT2D eigenvalue weighted by Crippen LogP contribution is 2.59. The van der Waals surface area contributed by atoms with E-state index in [1.54, 1.807) is 0 Å². The Bertz CT molecular complexity index is 435. The number of Topliss-reactive ketones (excluding diaryl/α,β-unsaturated/α-hetero) is 2. The molecule has 1 aliphatic heterocycles. The third-order valence-corrected chi connectivity index (χ3v) is 5.86. The second-order valence-electron chi connectivity index (χ2n) is 7.08. The lowest BCUT2D eigenvalue weighted by molar-refractivity contribution is -0.165. The molecular formula is C16H25NO3. The minimum absolute atomic E-state index is 0.0642. The van der Waals surface area contributed by atoms with Gasteiger partial charge >= 0.3 is 0 Å². The number of ketones is 2. The van der Waals surface area contributed by atoms with E-state index in [1.807, 2.05) is 0 Å². The highest BCUT2D eigenvalue weighted by atomic mass is 16.3. The van der Waals surface area contributed by atoms with Crippen molar-refractivity contribution in [3.8, 4) is 0 Å². The zero-order valence-electron chi connectivity index (χ0n) is 12.3. The normalized spacial score (nSPS) is 46.1. The summed E-state index contributed by atoms with van der Waals surface area (Å²) in [7, 11) is 0. The first-order chi connectivity index (χ1) is 9.50. The van der Waals surface area contributed by atoms with Gasteiger partial charge in [-0.25, -0.2) is 0 Å². The highest BCUT2D eigenvalue weighted by Gasteiger charge is 2.68. The predicted molar refractivity (Wildman–Crippen MR) is 75.2 cm³/mol. The molecule has 3 aliphatic rings. The molecule has 1 heterocycles. The first kappa shape index (κ1) is 14.2. The highest BCUT2D eigenvalue weighted by molar-refractivity contribution is 6.01. The second kappa shape index (κ2) is 4.92. The molecule has 1 spiro atoms. The second-order valence-corrected chi connectivity index (χ2v) is 7.08. The van der Waals surface area contributed by atoms with Crippen molar-refractivity contribution in [2.24, 2.45) is 17.3 Å². The predicted octanol–water partition coefficient (Wildman–Crippen LogP) is 1.46. The van der Waals surface area contributed by atoms with E-state index in [1.165, 1.54) is 0 Å². The summed E-state index contributed by atoms with van der Waals surface area (Å²) < 4.78 is 0. The number of aliphatic hydroxyl groups is 1. The van der Waals surface area contributed by atoms with Crippen LogP contribution >= 0.6 is 0 Å². The molecular weight excluding hydrogens is 254 g/mol. The van der Waals surface area contributed by atoms with E-state index >= 15 is 0 Å². The van der Waals surface area contributed by atoms with Crippen molar-refractivity contribution < 1.29 is 14.7 Å². The molecule has 0 aromatic rings. The summed E-state index contributed by atoms with van der Waals surface area (Å²) in [6, 6.07) is 0. The number of rotatable bonds is 0. The van der Waals surface area contributed by atoms with Crippen molar-refractivity contribution in [2.75, 3.05) is 13.1 Å². The van der Waals surface area contributed by atoms with Gasteiger partial charge in [-0.1, -0.05) is 6.92 Å². The Kier molecular flexibility index (Phi) is 3.49. The molecule has 20 heavy (non-hydrogen) atoms. The average molecular weight is 279 g/mol. The fourth-order valence-corrected chi connectivity index (χ4v) is 4.96. The molecule has 2 saturated carbocycles. The van der Waals surface area contributed by atoms with Gasteiger partial charge in [-0.3, -0.25) is 9.59 Å². The summed E-state index contributed by atoms with van der Waals surface area (Å²) >= 11 is 0. The van der Waals surface area contributed by atoms with Crippen LogP contribution in [0.15, 0.2) is 0 Å². The van der Waals surface area contributed by atoms with Crippen LogP contribution in [0.25, 0.3) is 0 Å². The number of hydrogen-bond acceptors (Lipinski definition) is 4. The molecule has 3 rings (SSSR count). The van der Waals surface area contributed by atoms with Crippen LogP contribution in [0.4, 0.5) is 0 Å². The van der Waals surface area contributed by atoms with Crippen LogP contribution in [0, 0.1) is 17.3 Å². The van der Waals surface area contributed by atoms with Crippen molar-refractivity contribution in [3.63, 3.8) is 0 Å². The summed E-state index contributed by atoms with van der Waals surface area (Å²) in [6.45, 7) is 3.78. The van der Waals surface area contributed by atoms with Crippen molar-refractivity contribution >= 4 is 11.6 Å². The minimum atomic E-state index is -1.39. The molecule has 2 N–H and O–H groups in total. The van der Waals surface area contributed by atoms with E-state index in [0.29, 0.717) is 31.6 Å². The molecule has 0 aromatic heterocycles. The summed E-state index contributed by atoms with van der Waals surface area (Å²) in [5.74, 6) is 0.483. The van der Waals surface area contributed by atoms with Gasteiger partial charge in [-0.05, 0) is 57.0 Å². The van der Waals surface area contributed by atoms with Crippen LogP contribution in [-0.4, -0.2) is 35.4 Å². The van der Waals surface area contributed by atoms with Crippen LogP contribution in [0.5, 0.6) is 0 Å². The van der Waals surface area contributed by atoms with Crippen LogP contribution in [0.1, 0.15) is 51.9 Å². The zero-order valence-corrected chi connectivity index (χ0v) is 12.3. The van der Waals surface area contributed by atoms with Gasteiger partial charge in [0.1, 0.15) is 11.4 Å². The number of hydrogen-bond donors (Lipinski definition) is 2. The van der Waals surface area contributed by atoms with Gasteiger partial charge in [0.25, 0.3) is 0 Å². The van der Waals surface area contributed by atoms with Gasteiger partial charge in [-0.15, -0.1) is 0 Å². The monoisotopic (exact) mass is 279 g/mol. The Morgan fingerprint density at radius 2 is 1.80 bits per heavy atom. The SMILES string of the molecule is CC1CC(=O)[C@]23CCCNCCC[C@]2(O)C(=O)C[C@@H]3C1. The Balaban J connectivity index is 2.05. The van der Waals surface area contributed by atoms with E-state index in [2.05, 4.69) is 12.2 Å². The lowest BCUT2D eigenvalue weighted by atomic mass is 9.56.